The van der Waals surface area contributed by atoms with Gasteiger partial charge in [0.1, 0.15) is 0 Å². The Morgan fingerprint density at radius 2 is 2.08 bits per heavy atom. The average molecular weight is 165 g/mol. The molecule has 1 heterocycles. The lowest BCUT2D eigenvalue weighted by molar-refractivity contribution is 0.407. The standard InChI is InChI=1S/C10H15NO/c1-10(2,3)7-8-4-5-11-9(12)6-8/h4-6H,7H2,1-3H3,(H,11,12). The monoisotopic (exact) mass is 165 g/mol. The van der Waals surface area contributed by atoms with Crippen LogP contribution in [-0.2, 0) is 6.42 Å². The third kappa shape index (κ3) is 2.91. The van der Waals surface area contributed by atoms with Gasteiger partial charge in [-0.05, 0) is 23.5 Å². The number of hydrogen-bond donors (Lipinski definition) is 1. The highest BCUT2D eigenvalue weighted by Crippen LogP contribution is 2.21. The first-order valence-electron chi connectivity index (χ1n) is 4.11. The van der Waals surface area contributed by atoms with E-state index in [1.807, 2.05) is 6.07 Å². The van der Waals surface area contributed by atoms with Gasteiger partial charge in [-0.3, -0.25) is 0 Å². The van der Waals surface area contributed by atoms with Gasteiger partial charge in [0.05, 0.1) is 0 Å². The van der Waals surface area contributed by atoms with E-state index in [9.17, 15) is 0 Å². The summed E-state index contributed by atoms with van der Waals surface area (Å²) in [7, 11) is 0. The molecule has 0 radical (unpaired) electrons. The van der Waals surface area contributed by atoms with Crippen LogP contribution < -0.4 is 0 Å². The van der Waals surface area contributed by atoms with Crippen LogP contribution in [0.1, 0.15) is 26.3 Å². The van der Waals surface area contributed by atoms with Crippen LogP contribution in [0.2, 0.25) is 0 Å². The van der Waals surface area contributed by atoms with Crippen LogP contribution in [0.3, 0.4) is 0 Å². The fourth-order valence-corrected chi connectivity index (χ4v) is 1.18. The topological polar surface area (TPSA) is 33.1 Å². The molecular weight excluding hydrogens is 150 g/mol. The Morgan fingerprint density at radius 1 is 1.42 bits per heavy atom. The molecule has 0 amide bonds. The molecule has 2 nitrogen and oxygen atoms in total. The van der Waals surface area contributed by atoms with Crippen LogP contribution in [0.5, 0.6) is 5.88 Å². The van der Waals surface area contributed by atoms with Gasteiger partial charge in [-0.25, -0.2) is 4.98 Å². The van der Waals surface area contributed by atoms with Gasteiger partial charge in [-0.2, -0.15) is 0 Å². The first-order chi connectivity index (χ1) is 5.47. The van der Waals surface area contributed by atoms with Gasteiger partial charge in [0.25, 0.3) is 0 Å². The zero-order chi connectivity index (χ0) is 9.19. The second kappa shape index (κ2) is 3.13. The van der Waals surface area contributed by atoms with E-state index < -0.39 is 0 Å². The van der Waals surface area contributed by atoms with E-state index in [1.54, 1.807) is 12.3 Å². The summed E-state index contributed by atoms with van der Waals surface area (Å²) in [5.41, 5.74) is 1.39. The Bertz CT molecular complexity index is 263. The lowest BCUT2D eigenvalue weighted by Crippen LogP contribution is -2.08. The summed E-state index contributed by atoms with van der Waals surface area (Å²) >= 11 is 0. The Kier molecular flexibility index (Phi) is 2.36. The van der Waals surface area contributed by atoms with Crippen molar-refractivity contribution in [1.82, 2.24) is 4.98 Å². The minimum atomic E-state index is 0.108. The molecule has 1 aromatic heterocycles. The molecule has 0 aromatic carbocycles. The number of rotatable bonds is 1. The van der Waals surface area contributed by atoms with Crippen molar-refractivity contribution in [2.45, 2.75) is 27.2 Å². The van der Waals surface area contributed by atoms with Gasteiger partial charge in [0.15, 0.2) is 0 Å². The maximum Gasteiger partial charge on any atom is 0.210 e. The van der Waals surface area contributed by atoms with E-state index in [1.165, 1.54) is 0 Å². The van der Waals surface area contributed by atoms with Crippen LogP contribution in [0, 0.1) is 5.41 Å². The number of aromatic hydroxyl groups is 1. The largest absolute Gasteiger partial charge is 0.493 e. The normalized spacial score (nSPS) is 11.6. The number of pyridine rings is 1. The molecular formula is C10H15NO. The summed E-state index contributed by atoms with van der Waals surface area (Å²) in [6.45, 7) is 6.51. The third-order valence-corrected chi connectivity index (χ3v) is 1.54. The Balaban J connectivity index is 2.77. The van der Waals surface area contributed by atoms with Crippen molar-refractivity contribution in [3.8, 4) is 5.88 Å². The van der Waals surface area contributed by atoms with E-state index in [0.29, 0.717) is 0 Å². The quantitative estimate of drug-likeness (QED) is 0.693. The Hall–Kier alpha value is -1.05. The molecule has 0 aliphatic heterocycles. The number of nitrogens with zero attached hydrogens (tertiary/aromatic N) is 1. The van der Waals surface area contributed by atoms with Crippen LogP contribution in [0.15, 0.2) is 18.3 Å². The summed E-state index contributed by atoms with van der Waals surface area (Å²) in [6.07, 6.45) is 2.60. The molecule has 2 heteroatoms. The van der Waals surface area contributed by atoms with Gasteiger partial charge in [-0.1, -0.05) is 20.8 Å². The zero-order valence-electron chi connectivity index (χ0n) is 7.83. The molecule has 0 saturated carbocycles. The second-order valence-electron chi connectivity index (χ2n) is 4.26. The molecule has 1 N–H and O–H groups in total. The molecule has 0 atom stereocenters. The van der Waals surface area contributed by atoms with Crippen LogP contribution >= 0.6 is 0 Å². The lowest BCUT2D eigenvalue weighted by atomic mass is 9.88. The summed E-state index contributed by atoms with van der Waals surface area (Å²) in [5.74, 6) is 0.108. The van der Waals surface area contributed by atoms with Crippen LogP contribution in [-0.4, -0.2) is 10.1 Å². The predicted molar refractivity (Wildman–Crippen MR) is 49.1 cm³/mol. The molecule has 0 bridgehead atoms. The summed E-state index contributed by atoms with van der Waals surface area (Å²) in [6, 6.07) is 3.65. The smallest absolute Gasteiger partial charge is 0.210 e. The Labute approximate surface area is 73.3 Å². The van der Waals surface area contributed by atoms with Gasteiger partial charge < -0.3 is 5.11 Å². The molecule has 66 valence electrons. The van der Waals surface area contributed by atoms with Crippen molar-refractivity contribution in [2.24, 2.45) is 5.41 Å². The minimum Gasteiger partial charge on any atom is -0.493 e. The van der Waals surface area contributed by atoms with Gasteiger partial charge in [-0.15, -0.1) is 0 Å². The number of aromatic nitrogens is 1. The molecule has 1 aromatic rings. The molecule has 0 spiro atoms. The highest BCUT2D eigenvalue weighted by atomic mass is 16.3. The van der Waals surface area contributed by atoms with Crippen molar-refractivity contribution in [3.63, 3.8) is 0 Å². The maximum atomic E-state index is 9.10. The van der Waals surface area contributed by atoms with Crippen molar-refractivity contribution in [3.05, 3.63) is 23.9 Å². The van der Waals surface area contributed by atoms with Crippen molar-refractivity contribution >= 4 is 0 Å². The highest BCUT2D eigenvalue weighted by Gasteiger charge is 2.11. The van der Waals surface area contributed by atoms with E-state index in [-0.39, 0.29) is 11.3 Å². The molecule has 0 unspecified atom stereocenters. The van der Waals surface area contributed by atoms with E-state index >= 15 is 0 Å². The lowest BCUT2D eigenvalue weighted by Gasteiger charge is -2.17. The first-order valence-corrected chi connectivity index (χ1v) is 4.11. The van der Waals surface area contributed by atoms with Gasteiger partial charge in [0.2, 0.25) is 5.88 Å². The van der Waals surface area contributed by atoms with Crippen LogP contribution in [0.25, 0.3) is 0 Å². The first kappa shape index (κ1) is 9.04. The molecule has 1 rings (SSSR count). The number of hydrogen-bond acceptors (Lipinski definition) is 2. The van der Waals surface area contributed by atoms with Crippen LogP contribution in [0.4, 0.5) is 0 Å². The summed E-state index contributed by atoms with van der Waals surface area (Å²) in [4.78, 5) is 3.73. The molecule has 0 aliphatic carbocycles. The third-order valence-electron chi connectivity index (χ3n) is 1.54. The van der Waals surface area contributed by atoms with Gasteiger partial charge in [0, 0.05) is 12.3 Å². The highest BCUT2D eigenvalue weighted by molar-refractivity contribution is 5.20. The molecule has 0 saturated heterocycles. The second-order valence-corrected chi connectivity index (χ2v) is 4.26. The minimum absolute atomic E-state index is 0.108. The van der Waals surface area contributed by atoms with Crippen molar-refractivity contribution in [2.75, 3.05) is 0 Å². The molecule has 0 fully saturated rings. The average Bonchev–Trinajstić information content (AvgIpc) is 1.82. The van der Waals surface area contributed by atoms with Crippen molar-refractivity contribution < 1.29 is 5.11 Å². The van der Waals surface area contributed by atoms with E-state index in [2.05, 4.69) is 25.8 Å². The summed E-state index contributed by atoms with van der Waals surface area (Å²) < 4.78 is 0. The predicted octanol–water partition coefficient (Wildman–Crippen LogP) is 2.38. The van der Waals surface area contributed by atoms with Crippen molar-refractivity contribution in [1.29, 1.82) is 0 Å². The molecule has 0 aliphatic rings. The Morgan fingerprint density at radius 3 is 2.58 bits per heavy atom. The molecule has 12 heavy (non-hydrogen) atoms. The zero-order valence-corrected chi connectivity index (χ0v) is 7.83. The fourth-order valence-electron chi connectivity index (χ4n) is 1.18. The SMILES string of the molecule is CC(C)(C)Cc1ccnc(O)c1. The summed E-state index contributed by atoms with van der Waals surface area (Å²) in [5, 5.41) is 9.10. The van der Waals surface area contributed by atoms with Gasteiger partial charge >= 0.3 is 0 Å². The van der Waals surface area contributed by atoms with E-state index in [4.69, 9.17) is 5.11 Å². The van der Waals surface area contributed by atoms with E-state index in [0.717, 1.165) is 12.0 Å². The fraction of sp³-hybridized carbons (Fsp3) is 0.500. The maximum absolute atomic E-state index is 9.10.